The lowest BCUT2D eigenvalue weighted by molar-refractivity contribution is 0.186. The van der Waals surface area contributed by atoms with Crippen LogP contribution in [0.25, 0.3) is 0 Å². The number of benzene rings is 1. The van der Waals surface area contributed by atoms with Crippen LogP contribution in [0, 0.1) is 5.92 Å². The quantitative estimate of drug-likeness (QED) is 0.829. The van der Waals surface area contributed by atoms with Crippen molar-refractivity contribution in [2.24, 2.45) is 5.92 Å². The molecule has 1 aliphatic heterocycles. The number of hydrogen-bond donors (Lipinski definition) is 2. The second-order valence-corrected chi connectivity index (χ2v) is 6.34. The predicted octanol–water partition coefficient (Wildman–Crippen LogP) is 1.43. The van der Waals surface area contributed by atoms with Gasteiger partial charge in [-0.05, 0) is 31.4 Å². The molecule has 6 heteroatoms. The number of para-hydroxylation sites is 1. The van der Waals surface area contributed by atoms with E-state index in [-0.39, 0.29) is 5.92 Å². The summed E-state index contributed by atoms with van der Waals surface area (Å²) >= 11 is 0. The van der Waals surface area contributed by atoms with Crippen molar-refractivity contribution in [1.29, 1.82) is 0 Å². The SMILES string of the molecule is CCNc1ccccc1S(=O)(=O)NCC1CCOC1. The zero-order valence-corrected chi connectivity index (χ0v) is 11.9. The minimum Gasteiger partial charge on any atom is -0.384 e. The predicted molar refractivity (Wildman–Crippen MR) is 74.7 cm³/mol. The average molecular weight is 284 g/mol. The molecule has 1 aromatic carbocycles. The van der Waals surface area contributed by atoms with Crippen LogP contribution in [-0.2, 0) is 14.8 Å². The third-order valence-corrected chi connectivity index (χ3v) is 4.61. The second kappa shape index (κ2) is 6.36. The van der Waals surface area contributed by atoms with E-state index >= 15 is 0 Å². The maximum absolute atomic E-state index is 12.3. The summed E-state index contributed by atoms with van der Waals surface area (Å²) in [6.07, 6.45) is 0.914. The largest absolute Gasteiger partial charge is 0.384 e. The first-order chi connectivity index (χ1) is 9.13. The summed E-state index contributed by atoms with van der Waals surface area (Å²) in [6, 6.07) is 6.94. The van der Waals surface area contributed by atoms with E-state index in [2.05, 4.69) is 10.0 Å². The summed E-state index contributed by atoms with van der Waals surface area (Å²) in [6.45, 7) is 4.41. The van der Waals surface area contributed by atoms with Crippen LogP contribution in [0.4, 0.5) is 5.69 Å². The molecule has 0 amide bonds. The van der Waals surface area contributed by atoms with E-state index in [9.17, 15) is 8.42 Å². The van der Waals surface area contributed by atoms with Crippen LogP contribution >= 0.6 is 0 Å². The molecule has 0 aromatic heterocycles. The molecule has 106 valence electrons. The number of rotatable bonds is 6. The molecule has 1 heterocycles. The molecule has 0 spiro atoms. The minimum atomic E-state index is -3.47. The Morgan fingerprint density at radius 3 is 2.84 bits per heavy atom. The van der Waals surface area contributed by atoms with E-state index in [0.717, 1.165) is 13.0 Å². The van der Waals surface area contributed by atoms with Gasteiger partial charge in [0.25, 0.3) is 0 Å². The van der Waals surface area contributed by atoms with Gasteiger partial charge in [0.15, 0.2) is 0 Å². The van der Waals surface area contributed by atoms with E-state index < -0.39 is 10.0 Å². The Kier molecular flexibility index (Phi) is 4.79. The summed E-state index contributed by atoms with van der Waals surface area (Å²) < 4.78 is 32.5. The molecule has 5 nitrogen and oxygen atoms in total. The van der Waals surface area contributed by atoms with Crippen LogP contribution in [0.1, 0.15) is 13.3 Å². The molecule has 1 aliphatic rings. The van der Waals surface area contributed by atoms with Crippen LogP contribution < -0.4 is 10.0 Å². The van der Waals surface area contributed by atoms with Gasteiger partial charge in [0.2, 0.25) is 10.0 Å². The molecular weight excluding hydrogens is 264 g/mol. The summed E-state index contributed by atoms with van der Waals surface area (Å²) in [4.78, 5) is 0.302. The molecule has 2 rings (SSSR count). The summed E-state index contributed by atoms with van der Waals surface area (Å²) in [7, 11) is -3.47. The maximum atomic E-state index is 12.3. The van der Waals surface area contributed by atoms with E-state index in [1.165, 1.54) is 0 Å². The first-order valence-corrected chi connectivity index (χ1v) is 8.02. The fourth-order valence-corrected chi connectivity index (χ4v) is 3.39. The fourth-order valence-electron chi connectivity index (χ4n) is 2.09. The Morgan fingerprint density at radius 2 is 2.16 bits per heavy atom. The van der Waals surface area contributed by atoms with E-state index in [1.807, 2.05) is 13.0 Å². The van der Waals surface area contributed by atoms with Crippen LogP contribution in [0.5, 0.6) is 0 Å². The maximum Gasteiger partial charge on any atom is 0.242 e. The van der Waals surface area contributed by atoms with Crippen LogP contribution in [0.3, 0.4) is 0 Å². The van der Waals surface area contributed by atoms with Crippen molar-refractivity contribution in [1.82, 2.24) is 4.72 Å². The summed E-state index contributed by atoms with van der Waals surface area (Å²) in [5.74, 6) is 0.279. The van der Waals surface area contributed by atoms with Crippen LogP contribution in [0.15, 0.2) is 29.2 Å². The van der Waals surface area contributed by atoms with Gasteiger partial charge in [0.05, 0.1) is 12.3 Å². The van der Waals surface area contributed by atoms with Gasteiger partial charge in [-0.2, -0.15) is 0 Å². The minimum absolute atomic E-state index is 0.279. The first kappa shape index (κ1) is 14.3. The monoisotopic (exact) mass is 284 g/mol. The Balaban J connectivity index is 2.09. The van der Waals surface area contributed by atoms with Crippen molar-refractivity contribution in [3.8, 4) is 0 Å². The van der Waals surface area contributed by atoms with Crippen molar-refractivity contribution in [3.05, 3.63) is 24.3 Å². The number of hydrogen-bond acceptors (Lipinski definition) is 4. The molecule has 1 unspecified atom stereocenters. The molecule has 2 N–H and O–H groups in total. The van der Waals surface area contributed by atoms with Crippen molar-refractivity contribution in [2.45, 2.75) is 18.2 Å². The third-order valence-electron chi connectivity index (χ3n) is 3.13. The molecule has 1 aromatic rings. The molecule has 0 aliphatic carbocycles. The van der Waals surface area contributed by atoms with Crippen molar-refractivity contribution in [2.75, 3.05) is 31.6 Å². The van der Waals surface area contributed by atoms with Crippen LogP contribution in [-0.4, -0.2) is 34.7 Å². The molecule has 19 heavy (non-hydrogen) atoms. The van der Waals surface area contributed by atoms with Crippen molar-refractivity contribution >= 4 is 15.7 Å². The highest BCUT2D eigenvalue weighted by Crippen LogP contribution is 2.21. The lowest BCUT2D eigenvalue weighted by atomic mass is 10.1. The van der Waals surface area contributed by atoms with Gasteiger partial charge >= 0.3 is 0 Å². The Morgan fingerprint density at radius 1 is 1.37 bits per heavy atom. The molecule has 0 radical (unpaired) electrons. The lowest BCUT2D eigenvalue weighted by Gasteiger charge is -2.13. The van der Waals surface area contributed by atoms with Gasteiger partial charge in [-0.1, -0.05) is 12.1 Å². The van der Waals surface area contributed by atoms with Crippen molar-refractivity contribution < 1.29 is 13.2 Å². The highest BCUT2D eigenvalue weighted by Gasteiger charge is 2.21. The van der Waals surface area contributed by atoms with E-state index in [0.29, 0.717) is 30.3 Å². The number of ether oxygens (including phenoxy) is 1. The zero-order valence-electron chi connectivity index (χ0n) is 11.1. The Bertz CT molecular complexity index is 510. The Hall–Kier alpha value is -1.11. The van der Waals surface area contributed by atoms with Gasteiger partial charge in [0, 0.05) is 19.7 Å². The highest BCUT2D eigenvalue weighted by atomic mass is 32.2. The van der Waals surface area contributed by atoms with E-state index in [1.54, 1.807) is 18.2 Å². The number of nitrogens with one attached hydrogen (secondary N) is 2. The third kappa shape index (κ3) is 3.68. The molecule has 1 fully saturated rings. The van der Waals surface area contributed by atoms with Crippen LogP contribution in [0.2, 0.25) is 0 Å². The molecule has 0 bridgehead atoms. The first-order valence-electron chi connectivity index (χ1n) is 6.54. The summed E-state index contributed by atoms with van der Waals surface area (Å²) in [5.41, 5.74) is 0.639. The fraction of sp³-hybridized carbons (Fsp3) is 0.538. The van der Waals surface area contributed by atoms with Gasteiger partial charge in [-0.25, -0.2) is 13.1 Å². The molecular formula is C13H20N2O3S. The molecule has 1 atom stereocenters. The van der Waals surface area contributed by atoms with Gasteiger partial charge in [0.1, 0.15) is 4.90 Å². The molecule has 0 saturated carbocycles. The lowest BCUT2D eigenvalue weighted by Crippen LogP contribution is -2.30. The van der Waals surface area contributed by atoms with Gasteiger partial charge < -0.3 is 10.1 Å². The standard InChI is InChI=1S/C13H20N2O3S/c1-2-14-12-5-3-4-6-13(12)19(16,17)15-9-11-7-8-18-10-11/h3-6,11,14-15H,2,7-10H2,1H3. The highest BCUT2D eigenvalue weighted by molar-refractivity contribution is 7.89. The number of sulfonamides is 1. The zero-order chi connectivity index (χ0) is 13.7. The van der Waals surface area contributed by atoms with E-state index in [4.69, 9.17) is 4.74 Å². The Labute approximate surface area is 114 Å². The number of anilines is 1. The second-order valence-electron chi connectivity index (χ2n) is 4.61. The van der Waals surface area contributed by atoms with Gasteiger partial charge in [-0.15, -0.1) is 0 Å². The summed E-state index contributed by atoms with van der Waals surface area (Å²) in [5, 5.41) is 3.07. The topological polar surface area (TPSA) is 67.4 Å². The smallest absolute Gasteiger partial charge is 0.242 e. The normalized spacial score (nSPS) is 19.5. The van der Waals surface area contributed by atoms with Gasteiger partial charge in [-0.3, -0.25) is 0 Å². The van der Waals surface area contributed by atoms with Crippen molar-refractivity contribution in [3.63, 3.8) is 0 Å². The molecule has 1 saturated heterocycles. The average Bonchev–Trinajstić information content (AvgIpc) is 2.91.